The smallest absolute Gasteiger partial charge is 0.330 e. The second-order valence-corrected chi connectivity index (χ2v) is 4.55. The van der Waals surface area contributed by atoms with E-state index >= 15 is 0 Å². The zero-order valence-electron chi connectivity index (χ0n) is 9.88. The zero-order chi connectivity index (χ0) is 11.3. The highest BCUT2D eigenvalue weighted by Crippen LogP contribution is 2.28. The summed E-state index contributed by atoms with van der Waals surface area (Å²) in [7, 11) is 0. The summed E-state index contributed by atoms with van der Waals surface area (Å²) in [4.78, 5) is 11.4. The monoisotopic (exact) mass is 211 g/mol. The summed E-state index contributed by atoms with van der Waals surface area (Å²) in [6.07, 6.45) is 5.34. The number of piperidine rings is 1. The first-order valence-electron chi connectivity index (χ1n) is 5.62. The van der Waals surface area contributed by atoms with E-state index in [1.165, 1.54) is 6.08 Å². The molecule has 0 saturated carbocycles. The van der Waals surface area contributed by atoms with Gasteiger partial charge in [0.1, 0.15) is 5.60 Å². The van der Waals surface area contributed by atoms with Gasteiger partial charge in [-0.05, 0) is 46.7 Å². The van der Waals surface area contributed by atoms with Crippen LogP contribution in [0.15, 0.2) is 12.2 Å². The minimum absolute atomic E-state index is 0.235. The summed E-state index contributed by atoms with van der Waals surface area (Å²) >= 11 is 0. The van der Waals surface area contributed by atoms with Crippen LogP contribution in [-0.4, -0.2) is 24.7 Å². The Morgan fingerprint density at radius 2 is 2.00 bits per heavy atom. The number of hydrogen-bond donors (Lipinski definition) is 1. The molecule has 1 rings (SSSR count). The van der Waals surface area contributed by atoms with E-state index in [0.717, 1.165) is 25.9 Å². The van der Waals surface area contributed by atoms with Crippen LogP contribution in [0.3, 0.4) is 0 Å². The molecule has 1 N–H and O–H groups in total. The summed E-state index contributed by atoms with van der Waals surface area (Å²) in [5.74, 6) is 0.231. The third-order valence-electron chi connectivity index (χ3n) is 2.99. The Morgan fingerprint density at radius 1 is 1.40 bits per heavy atom. The predicted molar refractivity (Wildman–Crippen MR) is 60.6 cm³/mol. The average molecular weight is 211 g/mol. The Morgan fingerprint density at radius 3 is 2.53 bits per heavy atom. The van der Waals surface area contributed by atoms with Gasteiger partial charge in [-0.2, -0.15) is 0 Å². The van der Waals surface area contributed by atoms with Gasteiger partial charge >= 0.3 is 5.97 Å². The number of hydrogen-bond acceptors (Lipinski definition) is 3. The fraction of sp³-hybridized carbons (Fsp3) is 0.750. The van der Waals surface area contributed by atoms with E-state index in [9.17, 15) is 4.79 Å². The topological polar surface area (TPSA) is 38.3 Å². The van der Waals surface area contributed by atoms with Gasteiger partial charge in [-0.3, -0.25) is 0 Å². The second-order valence-electron chi connectivity index (χ2n) is 4.55. The lowest BCUT2D eigenvalue weighted by Crippen LogP contribution is -2.42. The van der Waals surface area contributed by atoms with E-state index < -0.39 is 0 Å². The molecule has 0 radical (unpaired) electrons. The molecule has 3 heteroatoms. The van der Waals surface area contributed by atoms with Crippen molar-refractivity contribution in [3.05, 3.63) is 12.2 Å². The van der Waals surface area contributed by atoms with E-state index in [1.807, 2.05) is 20.8 Å². The molecule has 3 nitrogen and oxygen atoms in total. The minimum atomic E-state index is -0.349. The quantitative estimate of drug-likeness (QED) is 0.572. The first-order valence-corrected chi connectivity index (χ1v) is 5.62. The van der Waals surface area contributed by atoms with Crippen LogP contribution in [0.1, 0.15) is 33.6 Å². The molecule has 0 unspecified atom stereocenters. The van der Waals surface area contributed by atoms with E-state index in [4.69, 9.17) is 4.74 Å². The molecular formula is C12H21NO2. The van der Waals surface area contributed by atoms with Crippen molar-refractivity contribution in [3.63, 3.8) is 0 Å². The van der Waals surface area contributed by atoms with Gasteiger partial charge in [0, 0.05) is 12.0 Å². The molecule has 0 aromatic carbocycles. The number of rotatable bonds is 3. The van der Waals surface area contributed by atoms with Gasteiger partial charge in [0.2, 0.25) is 0 Å². The van der Waals surface area contributed by atoms with Crippen LogP contribution in [0, 0.1) is 5.92 Å². The number of carbonyl (C=O) groups excluding carboxylic acids is 1. The van der Waals surface area contributed by atoms with Crippen molar-refractivity contribution in [3.8, 4) is 0 Å². The molecule has 0 bridgehead atoms. The highest BCUT2D eigenvalue weighted by Gasteiger charge is 2.33. The molecule has 1 heterocycles. The van der Waals surface area contributed by atoms with Crippen molar-refractivity contribution < 1.29 is 9.53 Å². The van der Waals surface area contributed by atoms with Crippen LogP contribution in [-0.2, 0) is 9.53 Å². The van der Waals surface area contributed by atoms with E-state index in [1.54, 1.807) is 6.08 Å². The van der Waals surface area contributed by atoms with Gasteiger partial charge in [0.15, 0.2) is 0 Å². The Kier molecular flexibility index (Phi) is 4.33. The van der Waals surface area contributed by atoms with Gasteiger partial charge in [-0.15, -0.1) is 0 Å². The molecule has 0 atom stereocenters. The minimum Gasteiger partial charge on any atom is -0.456 e. The number of nitrogens with one attached hydrogen (secondary N) is 1. The molecule has 0 aromatic heterocycles. The first kappa shape index (κ1) is 12.2. The summed E-state index contributed by atoms with van der Waals surface area (Å²) in [5.41, 5.74) is -0.349. The third-order valence-corrected chi connectivity index (χ3v) is 2.99. The molecule has 1 aliphatic heterocycles. The van der Waals surface area contributed by atoms with E-state index in [0.29, 0.717) is 5.92 Å². The molecule has 15 heavy (non-hydrogen) atoms. The van der Waals surface area contributed by atoms with Crippen molar-refractivity contribution in [2.75, 3.05) is 13.1 Å². The maximum absolute atomic E-state index is 11.4. The van der Waals surface area contributed by atoms with Crippen LogP contribution in [0.5, 0.6) is 0 Å². The number of allylic oxidation sites excluding steroid dienone is 1. The molecule has 0 amide bonds. The zero-order valence-corrected chi connectivity index (χ0v) is 9.88. The maximum atomic E-state index is 11.4. The Balaban J connectivity index is 2.52. The van der Waals surface area contributed by atoms with Crippen molar-refractivity contribution in [1.29, 1.82) is 0 Å². The maximum Gasteiger partial charge on any atom is 0.330 e. The number of esters is 1. The molecular weight excluding hydrogens is 190 g/mol. The summed E-state index contributed by atoms with van der Waals surface area (Å²) in [6, 6.07) is 0. The Labute approximate surface area is 91.9 Å². The molecule has 1 aliphatic rings. The molecule has 1 saturated heterocycles. The molecule has 0 aliphatic carbocycles. The predicted octanol–water partition coefficient (Wildman–Crippen LogP) is 1.88. The lowest BCUT2D eigenvalue weighted by Gasteiger charge is -2.36. The highest BCUT2D eigenvalue weighted by atomic mass is 16.6. The number of ether oxygens (including phenoxy) is 1. The fourth-order valence-electron chi connectivity index (χ4n) is 2.03. The normalized spacial score (nSPS) is 19.4. The Bertz CT molecular complexity index is 240. The summed E-state index contributed by atoms with van der Waals surface area (Å²) in [5, 5.41) is 3.31. The summed E-state index contributed by atoms with van der Waals surface area (Å²) < 4.78 is 5.46. The van der Waals surface area contributed by atoms with Gasteiger partial charge in [0.25, 0.3) is 0 Å². The van der Waals surface area contributed by atoms with Crippen molar-refractivity contribution in [2.24, 2.45) is 5.92 Å². The second kappa shape index (κ2) is 5.31. The van der Waals surface area contributed by atoms with E-state index in [2.05, 4.69) is 5.32 Å². The van der Waals surface area contributed by atoms with Crippen LogP contribution in [0.25, 0.3) is 0 Å². The largest absolute Gasteiger partial charge is 0.456 e. The lowest BCUT2D eigenvalue weighted by atomic mass is 9.83. The van der Waals surface area contributed by atoms with E-state index in [-0.39, 0.29) is 11.6 Å². The molecule has 1 fully saturated rings. The average Bonchev–Trinajstić information content (AvgIpc) is 2.18. The van der Waals surface area contributed by atoms with Gasteiger partial charge in [-0.1, -0.05) is 6.08 Å². The fourth-order valence-corrected chi connectivity index (χ4v) is 2.03. The first-order chi connectivity index (χ1) is 7.06. The lowest BCUT2D eigenvalue weighted by molar-refractivity contribution is -0.156. The molecule has 86 valence electrons. The van der Waals surface area contributed by atoms with Crippen LogP contribution < -0.4 is 5.32 Å². The van der Waals surface area contributed by atoms with Crippen molar-refractivity contribution in [1.82, 2.24) is 5.32 Å². The van der Waals surface area contributed by atoms with Gasteiger partial charge in [0.05, 0.1) is 0 Å². The van der Waals surface area contributed by atoms with Crippen molar-refractivity contribution >= 4 is 5.97 Å². The van der Waals surface area contributed by atoms with Crippen LogP contribution in [0.4, 0.5) is 0 Å². The standard InChI is InChI=1S/C12H21NO2/c1-4-5-11(14)15-12(2,3)10-6-8-13-9-7-10/h4-5,10,13H,6-9H2,1-3H3/b5-4+. The third kappa shape index (κ3) is 3.67. The highest BCUT2D eigenvalue weighted by molar-refractivity contribution is 5.82. The molecule has 0 spiro atoms. The van der Waals surface area contributed by atoms with Crippen LogP contribution >= 0.6 is 0 Å². The Hall–Kier alpha value is -0.830. The van der Waals surface area contributed by atoms with Crippen LogP contribution in [0.2, 0.25) is 0 Å². The van der Waals surface area contributed by atoms with Gasteiger partial charge in [-0.25, -0.2) is 4.79 Å². The number of carbonyl (C=O) groups is 1. The SMILES string of the molecule is C/C=C/C(=O)OC(C)(C)C1CCNCC1. The molecule has 0 aromatic rings. The van der Waals surface area contributed by atoms with Crippen molar-refractivity contribution in [2.45, 2.75) is 39.2 Å². The van der Waals surface area contributed by atoms with Gasteiger partial charge < -0.3 is 10.1 Å². The summed E-state index contributed by atoms with van der Waals surface area (Å²) in [6.45, 7) is 7.87.